The highest BCUT2D eigenvalue weighted by Crippen LogP contribution is 2.43. The molecule has 2 amide bonds. The Kier molecular flexibility index (Phi) is 15.7. The molecule has 0 fully saturated rings. The van der Waals surface area contributed by atoms with Crippen molar-refractivity contribution in [1.29, 1.82) is 0 Å². The molecule has 44 heavy (non-hydrogen) atoms. The first kappa shape index (κ1) is 37.1. The predicted octanol–water partition coefficient (Wildman–Crippen LogP) is 3.54. The Hall–Kier alpha value is -3.08. The van der Waals surface area contributed by atoms with Gasteiger partial charge < -0.3 is 29.2 Å². The lowest BCUT2D eigenvalue weighted by atomic mass is 10.2. The average Bonchev–Trinajstić information content (AvgIpc) is 3.00. The molecule has 0 saturated heterocycles. The molecule has 4 N–H and O–H groups in total. The average molecular weight is 697 g/mol. The zero-order chi connectivity index (χ0) is 32.6. The van der Waals surface area contributed by atoms with Gasteiger partial charge >= 0.3 is 39.8 Å². The van der Waals surface area contributed by atoms with E-state index in [0.29, 0.717) is 11.1 Å². The smallest absolute Gasteiger partial charge is 0.445 e. The molecule has 0 radical (unpaired) electrons. The van der Waals surface area contributed by atoms with Gasteiger partial charge in [-0.3, -0.25) is 18.8 Å². The van der Waals surface area contributed by atoms with Crippen molar-refractivity contribution < 1.29 is 65.7 Å². The van der Waals surface area contributed by atoms with Gasteiger partial charge in [-0.25, -0.2) is 28.3 Å². The molecule has 0 bridgehead atoms. The van der Waals surface area contributed by atoms with E-state index in [4.69, 9.17) is 9.47 Å². The second kappa shape index (κ2) is 18.7. The number of nitrogens with one attached hydrogen (secondary N) is 2. The summed E-state index contributed by atoms with van der Waals surface area (Å²) in [6.07, 6.45) is -2.09. The number of carbonyl (C=O) groups is 4. The Morgan fingerprint density at radius 1 is 0.682 bits per heavy atom. The lowest BCUT2D eigenvalue weighted by Gasteiger charge is -2.20. The molecule has 4 unspecified atom stereocenters. The van der Waals surface area contributed by atoms with Crippen LogP contribution in [0.4, 0.5) is 9.59 Å². The molecule has 0 spiro atoms. The highest BCUT2D eigenvalue weighted by Gasteiger charge is 2.33. The van der Waals surface area contributed by atoms with Crippen LogP contribution in [0, 0.1) is 0 Å². The fourth-order valence-corrected chi connectivity index (χ4v) is 5.97. The van der Waals surface area contributed by atoms with Crippen LogP contribution in [0.3, 0.4) is 0 Å². The van der Waals surface area contributed by atoms with Crippen LogP contribution in [-0.4, -0.2) is 71.7 Å². The highest BCUT2D eigenvalue weighted by atomic mass is 33.1. The number of carbonyl (C=O) groups excluding carboxylic acids is 4. The van der Waals surface area contributed by atoms with E-state index in [1.807, 2.05) is 0 Å². The van der Waals surface area contributed by atoms with Gasteiger partial charge in [0, 0.05) is 25.7 Å². The fourth-order valence-electron chi connectivity index (χ4n) is 2.81. The van der Waals surface area contributed by atoms with Gasteiger partial charge in [0.1, 0.15) is 25.3 Å². The molecular weight excluding hydrogens is 666 g/mol. The standard InChI is InChI=1S/C24H30N2O14P2S2/c1-35-41(31,32)39-21(27)19(25-23(29)37-13-17-9-5-3-6-10-17)15-43-44-16-20(22(28)40-42(33,34)36-2)26-24(30)38-14-18-11-7-4-8-12-18/h3-12,19-20H,13-16H2,1-2H3,(H,25,29)(H,26,30)(H,31,32)(H,33,34). The Bertz CT molecular complexity index is 1240. The zero-order valence-corrected chi connectivity index (χ0v) is 26.7. The van der Waals surface area contributed by atoms with Crippen LogP contribution in [-0.2, 0) is 59.5 Å². The largest absolute Gasteiger partial charge is 0.529 e. The lowest BCUT2D eigenvalue weighted by molar-refractivity contribution is -0.138. The number of phosphoric ester groups is 2. The van der Waals surface area contributed by atoms with E-state index < -0.39 is 51.9 Å². The number of phosphoric acid groups is 2. The fraction of sp³-hybridized carbons (Fsp3) is 0.333. The lowest BCUT2D eigenvalue weighted by Crippen LogP contribution is -2.44. The molecule has 0 saturated carbocycles. The SMILES string of the molecule is COP(=O)(O)OC(=O)C(CSSCC(NC(=O)OCc1ccccc1)C(=O)OP(=O)(O)OC)NC(=O)OCc1ccccc1. The summed E-state index contributed by atoms with van der Waals surface area (Å²) < 4.78 is 51.0. The molecule has 2 aromatic rings. The number of ether oxygens (including phenoxy) is 2. The Morgan fingerprint density at radius 3 is 1.34 bits per heavy atom. The van der Waals surface area contributed by atoms with Crippen LogP contribution in [0.2, 0.25) is 0 Å². The second-order valence-corrected chi connectivity index (χ2v) is 13.7. The number of benzene rings is 2. The summed E-state index contributed by atoms with van der Waals surface area (Å²) in [5.41, 5.74) is 1.30. The van der Waals surface area contributed by atoms with Crippen molar-refractivity contribution in [3.8, 4) is 0 Å². The number of rotatable bonds is 17. The van der Waals surface area contributed by atoms with Crippen molar-refractivity contribution in [3.05, 3.63) is 71.8 Å². The maximum absolute atomic E-state index is 12.5. The van der Waals surface area contributed by atoms with Crippen molar-refractivity contribution in [1.82, 2.24) is 10.6 Å². The summed E-state index contributed by atoms with van der Waals surface area (Å²) in [5.74, 6) is -3.26. The predicted molar refractivity (Wildman–Crippen MR) is 158 cm³/mol. The summed E-state index contributed by atoms with van der Waals surface area (Å²) in [5, 5.41) is 4.44. The van der Waals surface area contributed by atoms with E-state index in [9.17, 15) is 38.1 Å². The summed E-state index contributed by atoms with van der Waals surface area (Å²) >= 11 is 0. The molecule has 0 aliphatic rings. The highest BCUT2D eigenvalue weighted by molar-refractivity contribution is 8.76. The van der Waals surface area contributed by atoms with Crippen LogP contribution in [0.15, 0.2) is 60.7 Å². The van der Waals surface area contributed by atoms with Gasteiger partial charge in [-0.2, -0.15) is 0 Å². The van der Waals surface area contributed by atoms with Crippen molar-refractivity contribution >= 4 is 61.4 Å². The van der Waals surface area contributed by atoms with Gasteiger partial charge in [0.15, 0.2) is 0 Å². The Balaban J connectivity index is 2.02. The van der Waals surface area contributed by atoms with Gasteiger partial charge in [0.05, 0.1) is 0 Å². The molecule has 20 heteroatoms. The maximum Gasteiger partial charge on any atom is 0.529 e. The summed E-state index contributed by atoms with van der Waals surface area (Å²) in [4.78, 5) is 68.8. The maximum atomic E-state index is 12.5. The molecule has 242 valence electrons. The van der Waals surface area contributed by atoms with E-state index in [-0.39, 0.29) is 24.7 Å². The third-order valence-electron chi connectivity index (χ3n) is 5.00. The Morgan fingerprint density at radius 2 is 1.02 bits per heavy atom. The zero-order valence-electron chi connectivity index (χ0n) is 23.3. The number of hydrogen-bond donors (Lipinski definition) is 4. The normalized spacial score (nSPS) is 14.9. The molecule has 4 atom stereocenters. The third kappa shape index (κ3) is 14.6. The molecule has 0 aliphatic carbocycles. The minimum absolute atomic E-state index is 0.140. The van der Waals surface area contributed by atoms with Crippen molar-refractivity contribution in [3.63, 3.8) is 0 Å². The van der Waals surface area contributed by atoms with E-state index >= 15 is 0 Å². The van der Waals surface area contributed by atoms with Crippen LogP contribution < -0.4 is 10.6 Å². The van der Waals surface area contributed by atoms with Gasteiger partial charge in [-0.15, -0.1) is 0 Å². The quantitative estimate of drug-likeness (QED) is 0.105. The molecule has 2 aromatic carbocycles. The van der Waals surface area contributed by atoms with Crippen molar-refractivity contribution in [2.75, 3.05) is 25.7 Å². The molecule has 16 nitrogen and oxygen atoms in total. The summed E-state index contributed by atoms with van der Waals surface area (Å²) in [6.45, 7) is -0.280. The Labute approximate surface area is 260 Å². The summed E-state index contributed by atoms with van der Waals surface area (Å²) in [7, 11) is -6.15. The van der Waals surface area contributed by atoms with Gasteiger partial charge in [-0.1, -0.05) is 82.3 Å². The molecular formula is C24H30N2O14P2S2. The second-order valence-electron chi connectivity index (χ2n) is 8.21. The first-order valence-corrected chi connectivity index (χ1v) is 17.7. The van der Waals surface area contributed by atoms with Gasteiger partial charge in [0.25, 0.3) is 0 Å². The van der Waals surface area contributed by atoms with E-state index in [1.165, 1.54) is 0 Å². The van der Waals surface area contributed by atoms with Crippen LogP contribution in [0.5, 0.6) is 0 Å². The minimum Gasteiger partial charge on any atom is -0.445 e. The van der Waals surface area contributed by atoms with Crippen LogP contribution in [0.25, 0.3) is 0 Å². The minimum atomic E-state index is -4.77. The first-order valence-electron chi connectivity index (χ1n) is 12.3. The topological polar surface area (TPSA) is 222 Å². The van der Waals surface area contributed by atoms with Crippen LogP contribution >= 0.6 is 37.2 Å². The van der Waals surface area contributed by atoms with E-state index in [2.05, 4.69) is 28.7 Å². The molecule has 0 aromatic heterocycles. The third-order valence-corrected chi connectivity index (χ3v) is 9.17. The molecule has 0 heterocycles. The monoisotopic (exact) mass is 696 g/mol. The number of hydrogen-bond acceptors (Lipinski definition) is 14. The molecule has 0 aliphatic heterocycles. The first-order chi connectivity index (χ1) is 20.8. The van der Waals surface area contributed by atoms with E-state index in [1.54, 1.807) is 60.7 Å². The van der Waals surface area contributed by atoms with Gasteiger partial charge in [-0.05, 0) is 11.1 Å². The van der Waals surface area contributed by atoms with E-state index in [0.717, 1.165) is 35.8 Å². The van der Waals surface area contributed by atoms with Crippen LogP contribution in [0.1, 0.15) is 11.1 Å². The number of alkyl carbamates (subject to hydrolysis) is 2. The summed E-state index contributed by atoms with van der Waals surface area (Å²) in [6, 6.07) is 14.1. The van der Waals surface area contributed by atoms with Gasteiger partial charge in [0.2, 0.25) is 0 Å². The molecule has 2 rings (SSSR count). The number of amides is 2. The van der Waals surface area contributed by atoms with Crippen molar-refractivity contribution in [2.24, 2.45) is 0 Å². The van der Waals surface area contributed by atoms with Crippen molar-refractivity contribution in [2.45, 2.75) is 25.3 Å².